The highest BCUT2D eigenvalue weighted by molar-refractivity contribution is 4.89. The van der Waals surface area contributed by atoms with Gasteiger partial charge in [0.15, 0.2) is 0 Å². The predicted octanol–water partition coefficient (Wildman–Crippen LogP) is 0.381. The zero-order chi connectivity index (χ0) is 5.98. The molecule has 0 fully saturated rings. The Morgan fingerprint density at radius 3 is 2.88 bits per heavy atom. The molecule has 0 aromatic carbocycles. The Labute approximate surface area is 50.2 Å². The van der Waals surface area contributed by atoms with Crippen molar-refractivity contribution in [2.24, 2.45) is 0 Å². The number of hydrogen-bond acceptors (Lipinski definition) is 2. The molecule has 1 aliphatic heterocycles. The Bertz CT molecular complexity index is 86.7. The Hall–Kier alpha value is -0.500. The van der Waals surface area contributed by atoms with Crippen LogP contribution in [0.2, 0.25) is 0 Å². The summed E-state index contributed by atoms with van der Waals surface area (Å²) in [5, 5.41) is 3.18. The van der Waals surface area contributed by atoms with E-state index in [4.69, 9.17) is 0 Å². The van der Waals surface area contributed by atoms with E-state index in [2.05, 4.69) is 30.3 Å². The Morgan fingerprint density at radius 2 is 2.50 bits per heavy atom. The molecule has 0 bridgehead atoms. The Morgan fingerprint density at radius 1 is 1.75 bits per heavy atom. The van der Waals surface area contributed by atoms with Crippen LogP contribution in [-0.2, 0) is 0 Å². The van der Waals surface area contributed by atoms with Gasteiger partial charge in [0.2, 0.25) is 0 Å². The third kappa shape index (κ3) is 1.01. The van der Waals surface area contributed by atoms with Gasteiger partial charge < -0.3 is 5.32 Å². The van der Waals surface area contributed by atoms with Gasteiger partial charge in [0.05, 0.1) is 6.17 Å². The monoisotopic (exact) mass is 112 g/mol. The first kappa shape index (κ1) is 5.63. The highest BCUT2D eigenvalue weighted by atomic mass is 15.2. The van der Waals surface area contributed by atoms with E-state index in [-0.39, 0.29) is 0 Å². The van der Waals surface area contributed by atoms with Crippen molar-refractivity contribution in [1.82, 2.24) is 10.2 Å². The van der Waals surface area contributed by atoms with Crippen LogP contribution in [0, 0.1) is 0 Å². The van der Waals surface area contributed by atoms with E-state index in [9.17, 15) is 0 Å². The number of rotatable bonds is 0. The second-order valence-corrected chi connectivity index (χ2v) is 2.18. The van der Waals surface area contributed by atoms with Crippen molar-refractivity contribution < 1.29 is 0 Å². The van der Waals surface area contributed by atoms with Gasteiger partial charge in [0.1, 0.15) is 0 Å². The molecule has 2 nitrogen and oxygen atoms in total. The summed E-state index contributed by atoms with van der Waals surface area (Å²) in [7, 11) is 2.10. The minimum Gasteiger partial charge on any atom is -0.376 e. The molecule has 1 heterocycles. The lowest BCUT2D eigenvalue weighted by molar-refractivity contribution is 0.248. The molecule has 0 aromatic rings. The lowest BCUT2D eigenvalue weighted by Gasteiger charge is -2.26. The molecule has 2 heteroatoms. The minimum atomic E-state index is 0.500. The molecule has 0 amide bonds. The molecule has 0 aliphatic carbocycles. The number of likely N-dealkylation sites (N-methyl/N-ethyl adjacent to an activating group) is 1. The maximum atomic E-state index is 3.18. The molecule has 0 radical (unpaired) electrons. The first-order valence-electron chi connectivity index (χ1n) is 2.92. The largest absolute Gasteiger partial charge is 0.376 e. The second-order valence-electron chi connectivity index (χ2n) is 2.18. The molecule has 8 heavy (non-hydrogen) atoms. The summed E-state index contributed by atoms with van der Waals surface area (Å²) < 4.78 is 0. The van der Waals surface area contributed by atoms with Crippen LogP contribution in [0.25, 0.3) is 0 Å². The van der Waals surface area contributed by atoms with E-state index in [0.29, 0.717) is 6.17 Å². The van der Waals surface area contributed by atoms with Crippen molar-refractivity contribution >= 4 is 0 Å². The average Bonchev–Trinajstić information content (AvgIpc) is 1.77. The van der Waals surface area contributed by atoms with Crippen molar-refractivity contribution in [1.29, 1.82) is 0 Å². The van der Waals surface area contributed by atoms with Gasteiger partial charge in [-0.3, -0.25) is 4.90 Å². The number of nitrogens with zero attached hydrogens (tertiary/aromatic N) is 1. The van der Waals surface area contributed by atoms with Gasteiger partial charge in [0.25, 0.3) is 0 Å². The molecule has 0 saturated carbocycles. The first-order chi connectivity index (χ1) is 3.80. The molecule has 1 N–H and O–H groups in total. The number of nitrogens with one attached hydrogen (secondary N) is 1. The fraction of sp³-hybridized carbons (Fsp3) is 0.667. The van der Waals surface area contributed by atoms with Crippen molar-refractivity contribution in [3.8, 4) is 0 Å². The normalized spacial score (nSPS) is 30.0. The van der Waals surface area contributed by atoms with Gasteiger partial charge in [-0.2, -0.15) is 0 Å². The highest BCUT2D eigenvalue weighted by Gasteiger charge is 2.06. The summed E-state index contributed by atoms with van der Waals surface area (Å²) in [6.45, 7) is 3.21. The highest BCUT2D eigenvalue weighted by Crippen LogP contribution is 1.95. The van der Waals surface area contributed by atoms with Crippen LogP contribution >= 0.6 is 0 Å². The maximum absolute atomic E-state index is 3.18. The molecule has 0 saturated heterocycles. The van der Waals surface area contributed by atoms with Crippen LogP contribution < -0.4 is 5.32 Å². The van der Waals surface area contributed by atoms with Gasteiger partial charge in [0, 0.05) is 6.54 Å². The maximum Gasteiger partial charge on any atom is 0.0759 e. The summed E-state index contributed by atoms with van der Waals surface area (Å²) in [6, 6.07) is 0. The predicted molar refractivity (Wildman–Crippen MR) is 34.4 cm³/mol. The molecule has 1 unspecified atom stereocenters. The fourth-order valence-electron chi connectivity index (χ4n) is 0.712. The van der Waals surface area contributed by atoms with Gasteiger partial charge in [-0.15, -0.1) is 0 Å². The SMILES string of the molecule is CC1NC=CCN1C. The molecule has 46 valence electrons. The summed E-state index contributed by atoms with van der Waals surface area (Å²) in [6.07, 6.45) is 4.62. The quantitative estimate of drug-likeness (QED) is 0.487. The third-order valence-corrected chi connectivity index (χ3v) is 1.51. The van der Waals surface area contributed by atoms with Crippen LogP contribution in [0.1, 0.15) is 6.92 Å². The molecular weight excluding hydrogens is 100 g/mol. The van der Waals surface area contributed by atoms with E-state index in [1.165, 1.54) is 0 Å². The molecule has 1 rings (SSSR count). The minimum absolute atomic E-state index is 0.500. The van der Waals surface area contributed by atoms with E-state index >= 15 is 0 Å². The summed E-state index contributed by atoms with van der Waals surface area (Å²) in [5.41, 5.74) is 0. The van der Waals surface area contributed by atoms with Crippen molar-refractivity contribution in [3.63, 3.8) is 0 Å². The van der Waals surface area contributed by atoms with Gasteiger partial charge in [-0.05, 0) is 20.2 Å². The Balaban J connectivity index is 2.44. The van der Waals surface area contributed by atoms with E-state index in [0.717, 1.165) is 6.54 Å². The molecular formula is C6H12N2. The van der Waals surface area contributed by atoms with Crippen LogP contribution in [0.3, 0.4) is 0 Å². The van der Waals surface area contributed by atoms with Crippen LogP contribution in [0.15, 0.2) is 12.3 Å². The fourth-order valence-corrected chi connectivity index (χ4v) is 0.712. The third-order valence-electron chi connectivity index (χ3n) is 1.51. The van der Waals surface area contributed by atoms with Crippen LogP contribution in [-0.4, -0.2) is 24.7 Å². The lowest BCUT2D eigenvalue weighted by Crippen LogP contribution is -2.41. The van der Waals surface area contributed by atoms with Gasteiger partial charge in [-0.25, -0.2) is 0 Å². The molecule has 1 aliphatic rings. The van der Waals surface area contributed by atoms with Crippen LogP contribution in [0.5, 0.6) is 0 Å². The van der Waals surface area contributed by atoms with Crippen molar-refractivity contribution in [2.75, 3.05) is 13.6 Å². The van der Waals surface area contributed by atoms with Crippen molar-refractivity contribution in [2.45, 2.75) is 13.1 Å². The van der Waals surface area contributed by atoms with Gasteiger partial charge in [-0.1, -0.05) is 6.08 Å². The summed E-state index contributed by atoms with van der Waals surface area (Å²) in [5.74, 6) is 0. The Kier molecular flexibility index (Phi) is 1.53. The zero-order valence-electron chi connectivity index (χ0n) is 5.39. The summed E-state index contributed by atoms with van der Waals surface area (Å²) in [4.78, 5) is 2.24. The molecule has 1 atom stereocenters. The number of hydrogen-bond donors (Lipinski definition) is 1. The van der Waals surface area contributed by atoms with E-state index in [1.54, 1.807) is 0 Å². The van der Waals surface area contributed by atoms with Crippen LogP contribution in [0.4, 0.5) is 0 Å². The average molecular weight is 112 g/mol. The van der Waals surface area contributed by atoms with E-state index < -0.39 is 0 Å². The molecule has 0 spiro atoms. The standard InChI is InChI=1S/C6H12N2/c1-6-7-4-3-5-8(6)2/h3-4,6-7H,5H2,1-2H3. The van der Waals surface area contributed by atoms with E-state index in [1.807, 2.05) is 6.20 Å². The van der Waals surface area contributed by atoms with Gasteiger partial charge >= 0.3 is 0 Å². The first-order valence-corrected chi connectivity index (χ1v) is 2.92. The smallest absolute Gasteiger partial charge is 0.0759 e. The molecule has 0 aromatic heterocycles. The zero-order valence-corrected chi connectivity index (χ0v) is 5.39. The lowest BCUT2D eigenvalue weighted by atomic mass is 10.4. The summed E-state index contributed by atoms with van der Waals surface area (Å²) >= 11 is 0. The van der Waals surface area contributed by atoms with Crippen molar-refractivity contribution in [3.05, 3.63) is 12.3 Å². The topological polar surface area (TPSA) is 15.3 Å². The second kappa shape index (κ2) is 2.18.